The number of thiophene rings is 1. The number of aryl methyl sites for hydroxylation is 2. The fourth-order valence-electron chi connectivity index (χ4n) is 2.49. The molecule has 0 aliphatic carbocycles. The van der Waals surface area contributed by atoms with Gasteiger partial charge in [-0.05, 0) is 20.0 Å². The highest BCUT2D eigenvalue weighted by Gasteiger charge is 2.19. The zero-order valence-electron chi connectivity index (χ0n) is 11.8. The van der Waals surface area contributed by atoms with E-state index in [2.05, 4.69) is 41.7 Å². The van der Waals surface area contributed by atoms with Gasteiger partial charge < -0.3 is 9.80 Å². The summed E-state index contributed by atoms with van der Waals surface area (Å²) in [4.78, 5) is 16.7. The molecule has 0 atom stereocenters. The van der Waals surface area contributed by atoms with Gasteiger partial charge in [0.1, 0.15) is 16.5 Å². The van der Waals surface area contributed by atoms with Crippen LogP contribution in [0.1, 0.15) is 17.6 Å². The molecule has 5 heteroatoms. The van der Waals surface area contributed by atoms with Crippen LogP contribution in [0.4, 0.5) is 5.82 Å². The third-order valence-electron chi connectivity index (χ3n) is 3.66. The SMILES string of the molecule is CCc1nc(N2CCN(C)CC2)c2cc(C)sc2n1. The highest BCUT2D eigenvalue weighted by molar-refractivity contribution is 7.18. The monoisotopic (exact) mass is 276 g/mol. The van der Waals surface area contributed by atoms with Gasteiger partial charge >= 0.3 is 0 Å². The molecule has 0 radical (unpaired) electrons. The van der Waals surface area contributed by atoms with Gasteiger partial charge in [0.05, 0.1) is 5.39 Å². The third kappa shape index (κ3) is 2.44. The van der Waals surface area contributed by atoms with Crippen molar-refractivity contribution >= 4 is 27.4 Å². The maximum absolute atomic E-state index is 4.78. The number of fused-ring (bicyclic) bond motifs is 1. The minimum atomic E-state index is 0.896. The Balaban J connectivity index is 2.05. The summed E-state index contributed by atoms with van der Waals surface area (Å²) >= 11 is 1.77. The average Bonchev–Trinajstić information content (AvgIpc) is 2.78. The molecule has 1 saturated heterocycles. The summed E-state index contributed by atoms with van der Waals surface area (Å²) in [5.74, 6) is 2.10. The van der Waals surface area contributed by atoms with Gasteiger partial charge in [-0.2, -0.15) is 0 Å². The number of aromatic nitrogens is 2. The van der Waals surface area contributed by atoms with Crippen molar-refractivity contribution in [2.75, 3.05) is 38.1 Å². The van der Waals surface area contributed by atoms with Gasteiger partial charge in [-0.1, -0.05) is 6.92 Å². The smallest absolute Gasteiger partial charge is 0.141 e. The first kappa shape index (κ1) is 12.8. The van der Waals surface area contributed by atoms with Crippen LogP contribution in [0, 0.1) is 6.92 Å². The van der Waals surface area contributed by atoms with E-state index in [9.17, 15) is 0 Å². The predicted molar refractivity (Wildman–Crippen MR) is 81.2 cm³/mol. The first-order valence-corrected chi connectivity index (χ1v) is 7.69. The molecule has 3 rings (SSSR count). The highest BCUT2D eigenvalue weighted by Crippen LogP contribution is 2.31. The quantitative estimate of drug-likeness (QED) is 0.842. The van der Waals surface area contributed by atoms with E-state index in [1.54, 1.807) is 11.3 Å². The van der Waals surface area contributed by atoms with Crippen molar-refractivity contribution in [3.05, 3.63) is 16.8 Å². The lowest BCUT2D eigenvalue weighted by atomic mass is 10.2. The van der Waals surface area contributed by atoms with Crippen molar-refractivity contribution in [1.29, 1.82) is 0 Å². The van der Waals surface area contributed by atoms with Crippen LogP contribution < -0.4 is 4.90 Å². The normalized spacial score (nSPS) is 17.3. The molecule has 3 heterocycles. The average molecular weight is 276 g/mol. The fraction of sp³-hybridized carbons (Fsp3) is 0.571. The Morgan fingerprint density at radius 2 is 1.95 bits per heavy atom. The Hall–Kier alpha value is -1.20. The fourth-order valence-corrected chi connectivity index (χ4v) is 3.38. The molecular formula is C14H20N4S. The van der Waals surface area contributed by atoms with Crippen LogP contribution in [0.2, 0.25) is 0 Å². The zero-order chi connectivity index (χ0) is 13.4. The molecule has 0 N–H and O–H groups in total. The molecule has 4 nitrogen and oxygen atoms in total. The molecule has 0 bridgehead atoms. The van der Waals surface area contributed by atoms with Crippen LogP contribution in [-0.2, 0) is 6.42 Å². The van der Waals surface area contributed by atoms with Gasteiger partial charge in [-0.15, -0.1) is 11.3 Å². The number of hydrogen-bond donors (Lipinski definition) is 0. The van der Waals surface area contributed by atoms with E-state index in [1.807, 2.05) is 0 Å². The second kappa shape index (κ2) is 5.06. The highest BCUT2D eigenvalue weighted by atomic mass is 32.1. The summed E-state index contributed by atoms with van der Waals surface area (Å²) in [5.41, 5.74) is 0. The van der Waals surface area contributed by atoms with Crippen LogP contribution >= 0.6 is 11.3 Å². The van der Waals surface area contributed by atoms with E-state index < -0.39 is 0 Å². The lowest BCUT2D eigenvalue weighted by Crippen LogP contribution is -2.45. The van der Waals surface area contributed by atoms with E-state index in [0.717, 1.165) is 49.1 Å². The molecule has 102 valence electrons. The maximum Gasteiger partial charge on any atom is 0.141 e. The topological polar surface area (TPSA) is 32.3 Å². The molecule has 1 fully saturated rings. The van der Waals surface area contributed by atoms with Crippen LogP contribution in [-0.4, -0.2) is 48.1 Å². The van der Waals surface area contributed by atoms with Crippen LogP contribution in [0.25, 0.3) is 10.2 Å². The predicted octanol–water partition coefficient (Wildman–Crippen LogP) is 2.31. The first-order chi connectivity index (χ1) is 9.17. The van der Waals surface area contributed by atoms with Crippen LogP contribution in [0.5, 0.6) is 0 Å². The van der Waals surface area contributed by atoms with Gasteiger partial charge in [0, 0.05) is 37.5 Å². The Morgan fingerprint density at radius 3 is 2.63 bits per heavy atom. The molecule has 2 aromatic heterocycles. The molecule has 1 aliphatic rings. The van der Waals surface area contributed by atoms with E-state index >= 15 is 0 Å². The number of rotatable bonds is 2. The summed E-state index contributed by atoms with van der Waals surface area (Å²) in [7, 11) is 2.18. The third-order valence-corrected chi connectivity index (χ3v) is 4.61. The van der Waals surface area contributed by atoms with Crippen molar-refractivity contribution in [2.45, 2.75) is 20.3 Å². The molecule has 0 spiro atoms. The Kier molecular flexibility index (Phi) is 3.41. The van der Waals surface area contributed by atoms with Crippen molar-refractivity contribution in [1.82, 2.24) is 14.9 Å². The standard InChI is InChI=1S/C14H20N4S/c1-4-12-15-13(18-7-5-17(3)6-8-18)11-9-10(2)19-14(11)16-12/h9H,4-8H2,1-3H3. The second-order valence-corrected chi connectivity index (χ2v) is 6.42. The number of nitrogens with zero attached hydrogens (tertiary/aromatic N) is 4. The van der Waals surface area contributed by atoms with Crippen LogP contribution in [0.3, 0.4) is 0 Å². The van der Waals surface area contributed by atoms with Crippen molar-refractivity contribution < 1.29 is 0 Å². The van der Waals surface area contributed by atoms with Gasteiger partial charge in [0.25, 0.3) is 0 Å². The van der Waals surface area contributed by atoms with E-state index in [1.165, 1.54) is 10.3 Å². The first-order valence-electron chi connectivity index (χ1n) is 6.88. The van der Waals surface area contributed by atoms with Gasteiger partial charge in [0.15, 0.2) is 0 Å². The van der Waals surface area contributed by atoms with Crippen molar-refractivity contribution in [3.8, 4) is 0 Å². The molecule has 0 saturated carbocycles. The molecule has 0 unspecified atom stereocenters. The second-order valence-electron chi connectivity index (χ2n) is 5.18. The number of anilines is 1. The molecular weight excluding hydrogens is 256 g/mol. The van der Waals surface area contributed by atoms with Crippen LogP contribution in [0.15, 0.2) is 6.07 Å². The summed E-state index contributed by atoms with van der Waals surface area (Å²) in [5, 5.41) is 1.23. The van der Waals surface area contributed by atoms with Crippen molar-refractivity contribution in [2.24, 2.45) is 0 Å². The Morgan fingerprint density at radius 1 is 1.21 bits per heavy atom. The van der Waals surface area contributed by atoms with E-state index in [4.69, 9.17) is 4.98 Å². The maximum atomic E-state index is 4.78. The summed E-state index contributed by atoms with van der Waals surface area (Å²) in [6.45, 7) is 8.59. The Labute approximate surface area is 118 Å². The molecule has 2 aromatic rings. The zero-order valence-corrected chi connectivity index (χ0v) is 12.6. The van der Waals surface area contributed by atoms with E-state index in [-0.39, 0.29) is 0 Å². The van der Waals surface area contributed by atoms with E-state index in [0.29, 0.717) is 0 Å². The summed E-state index contributed by atoms with van der Waals surface area (Å²) in [6, 6.07) is 2.23. The van der Waals surface area contributed by atoms with Gasteiger partial charge in [0.2, 0.25) is 0 Å². The Bertz CT molecular complexity index is 584. The number of likely N-dealkylation sites (N-methyl/N-ethyl adjacent to an activating group) is 1. The van der Waals surface area contributed by atoms with Gasteiger partial charge in [-0.3, -0.25) is 0 Å². The largest absolute Gasteiger partial charge is 0.353 e. The van der Waals surface area contributed by atoms with Crippen molar-refractivity contribution in [3.63, 3.8) is 0 Å². The van der Waals surface area contributed by atoms with Gasteiger partial charge in [-0.25, -0.2) is 9.97 Å². The minimum Gasteiger partial charge on any atom is -0.353 e. The molecule has 19 heavy (non-hydrogen) atoms. The minimum absolute atomic E-state index is 0.896. The lowest BCUT2D eigenvalue weighted by molar-refractivity contribution is 0.312. The number of piperazine rings is 1. The summed E-state index contributed by atoms with van der Waals surface area (Å²) < 4.78 is 0. The molecule has 0 amide bonds. The number of hydrogen-bond acceptors (Lipinski definition) is 5. The summed E-state index contributed by atoms with van der Waals surface area (Å²) in [6.07, 6.45) is 0.896. The lowest BCUT2D eigenvalue weighted by Gasteiger charge is -2.33. The molecule has 0 aromatic carbocycles. The molecule has 1 aliphatic heterocycles.